The molecule has 2 rings (SSSR count). The number of nitrogens with zero attached hydrogens (tertiary/aromatic N) is 2. The first-order valence-electron chi connectivity index (χ1n) is 6.92. The fourth-order valence-corrected chi connectivity index (χ4v) is 2.97. The van der Waals surface area contributed by atoms with Crippen molar-refractivity contribution in [3.8, 4) is 0 Å². The van der Waals surface area contributed by atoms with Crippen LogP contribution in [0.1, 0.15) is 6.42 Å². The lowest BCUT2D eigenvalue weighted by Crippen LogP contribution is -2.19. The number of methoxy groups -OCH3 is 1. The highest BCUT2D eigenvalue weighted by Gasteiger charge is 2.11. The first-order valence-corrected chi connectivity index (χ1v) is 8.99. The molecule has 0 atom stereocenters. The summed E-state index contributed by atoms with van der Waals surface area (Å²) in [5, 5.41) is 9.67. The number of carbonyl (C=O) groups is 1. The van der Waals surface area contributed by atoms with E-state index in [0.29, 0.717) is 24.7 Å². The van der Waals surface area contributed by atoms with E-state index in [4.69, 9.17) is 4.74 Å². The van der Waals surface area contributed by atoms with Gasteiger partial charge >= 0.3 is 5.69 Å². The van der Waals surface area contributed by atoms with Gasteiger partial charge in [0.1, 0.15) is 0 Å². The summed E-state index contributed by atoms with van der Waals surface area (Å²) in [5.74, 6) is 0.0377. The minimum atomic E-state index is -0.276. The van der Waals surface area contributed by atoms with Crippen LogP contribution in [0, 0.1) is 3.57 Å². The molecule has 0 aliphatic carbocycles. The van der Waals surface area contributed by atoms with Crippen molar-refractivity contribution in [1.29, 1.82) is 0 Å². The minimum absolute atomic E-state index is 0.143. The SMILES string of the molecule is COCCCn1c(SCC(=O)Nc2ccc(I)cc2)n[nH]c1=O. The second-order valence-electron chi connectivity index (χ2n) is 4.65. The molecule has 0 fully saturated rings. The molecule has 1 heterocycles. The van der Waals surface area contributed by atoms with Gasteiger partial charge in [-0.1, -0.05) is 11.8 Å². The number of hydrogen-bond donors (Lipinski definition) is 2. The zero-order valence-corrected chi connectivity index (χ0v) is 15.5. The van der Waals surface area contributed by atoms with Crippen LogP contribution >= 0.6 is 34.4 Å². The van der Waals surface area contributed by atoms with Gasteiger partial charge in [0.05, 0.1) is 5.75 Å². The number of benzene rings is 1. The molecule has 0 spiro atoms. The topological polar surface area (TPSA) is 89.0 Å². The van der Waals surface area contributed by atoms with Gasteiger partial charge in [-0.05, 0) is 53.3 Å². The van der Waals surface area contributed by atoms with Gasteiger partial charge in [-0.3, -0.25) is 9.36 Å². The molecule has 9 heteroatoms. The van der Waals surface area contributed by atoms with E-state index >= 15 is 0 Å². The standard InChI is InChI=1S/C14H17IN4O3S/c1-22-8-2-7-19-13(21)17-18-14(19)23-9-12(20)16-11-5-3-10(15)4-6-11/h3-6H,2,7-9H2,1H3,(H,16,20)(H,17,21). The van der Waals surface area contributed by atoms with E-state index in [9.17, 15) is 9.59 Å². The molecule has 23 heavy (non-hydrogen) atoms. The third-order valence-electron chi connectivity index (χ3n) is 2.91. The van der Waals surface area contributed by atoms with E-state index in [2.05, 4.69) is 38.1 Å². The van der Waals surface area contributed by atoms with Crippen LogP contribution in [0.15, 0.2) is 34.2 Å². The number of amides is 1. The van der Waals surface area contributed by atoms with Crippen molar-refractivity contribution in [2.24, 2.45) is 0 Å². The molecular weight excluding hydrogens is 431 g/mol. The lowest BCUT2D eigenvalue weighted by atomic mass is 10.3. The van der Waals surface area contributed by atoms with Gasteiger partial charge in [-0.2, -0.15) is 0 Å². The maximum Gasteiger partial charge on any atom is 0.343 e. The third kappa shape index (κ3) is 5.66. The molecule has 0 saturated heterocycles. The summed E-state index contributed by atoms with van der Waals surface area (Å²) in [6.45, 7) is 1.07. The Morgan fingerprint density at radius 3 is 2.87 bits per heavy atom. The van der Waals surface area contributed by atoms with Gasteiger partial charge < -0.3 is 10.1 Å². The Bertz CT molecular complexity index is 699. The van der Waals surface area contributed by atoms with Crippen LogP contribution in [0.5, 0.6) is 0 Å². The monoisotopic (exact) mass is 448 g/mol. The maximum atomic E-state index is 12.0. The zero-order chi connectivity index (χ0) is 16.7. The van der Waals surface area contributed by atoms with Crippen LogP contribution in [-0.2, 0) is 16.1 Å². The average Bonchev–Trinajstić information content (AvgIpc) is 2.88. The predicted octanol–water partition coefficient (Wildman–Crippen LogP) is 1.94. The van der Waals surface area contributed by atoms with E-state index < -0.39 is 0 Å². The number of aromatic nitrogens is 3. The number of anilines is 1. The fourth-order valence-electron chi connectivity index (χ4n) is 1.84. The molecule has 7 nitrogen and oxygen atoms in total. The highest BCUT2D eigenvalue weighted by molar-refractivity contribution is 14.1. The van der Waals surface area contributed by atoms with Gasteiger partial charge in [0.25, 0.3) is 0 Å². The lowest BCUT2D eigenvalue weighted by molar-refractivity contribution is -0.113. The van der Waals surface area contributed by atoms with Gasteiger partial charge in [-0.25, -0.2) is 9.89 Å². The van der Waals surface area contributed by atoms with Crippen molar-refractivity contribution >= 4 is 45.9 Å². The van der Waals surface area contributed by atoms with Crippen LogP contribution in [0.4, 0.5) is 5.69 Å². The van der Waals surface area contributed by atoms with Crippen LogP contribution < -0.4 is 11.0 Å². The summed E-state index contributed by atoms with van der Waals surface area (Å²) < 4.78 is 7.59. The quantitative estimate of drug-likeness (QED) is 0.366. The summed E-state index contributed by atoms with van der Waals surface area (Å²) in [6, 6.07) is 7.54. The van der Waals surface area contributed by atoms with E-state index in [-0.39, 0.29) is 17.3 Å². The summed E-state index contributed by atoms with van der Waals surface area (Å²) in [6.07, 6.45) is 0.707. The zero-order valence-electron chi connectivity index (χ0n) is 12.5. The highest BCUT2D eigenvalue weighted by atomic mass is 127. The predicted molar refractivity (Wildman–Crippen MR) is 97.9 cm³/mol. The maximum absolute atomic E-state index is 12.0. The number of halogens is 1. The Labute approximate surface area is 151 Å². The molecule has 0 unspecified atom stereocenters. The lowest BCUT2D eigenvalue weighted by Gasteiger charge is -2.06. The third-order valence-corrected chi connectivity index (χ3v) is 4.61. The van der Waals surface area contributed by atoms with Gasteiger partial charge in [-0.15, -0.1) is 5.10 Å². The Morgan fingerprint density at radius 1 is 1.43 bits per heavy atom. The molecule has 1 aromatic carbocycles. The molecule has 2 N–H and O–H groups in total. The van der Waals surface area contributed by atoms with Crippen LogP contribution in [0.3, 0.4) is 0 Å². The van der Waals surface area contributed by atoms with Gasteiger partial charge in [0.2, 0.25) is 5.91 Å². The Kier molecular flexibility index (Phi) is 7.12. The second kappa shape index (κ2) is 9.08. The van der Waals surface area contributed by atoms with Crippen molar-refractivity contribution in [2.75, 3.05) is 24.8 Å². The first kappa shape index (κ1) is 18.0. The smallest absolute Gasteiger partial charge is 0.343 e. The molecule has 1 aromatic heterocycles. The minimum Gasteiger partial charge on any atom is -0.385 e. The van der Waals surface area contributed by atoms with E-state index in [0.717, 1.165) is 9.26 Å². The number of H-pyrrole nitrogens is 1. The normalized spacial score (nSPS) is 10.7. The number of carbonyl (C=O) groups excluding carboxylic acids is 1. The molecule has 2 aromatic rings. The second-order valence-corrected chi connectivity index (χ2v) is 6.84. The summed E-state index contributed by atoms with van der Waals surface area (Å²) in [7, 11) is 1.61. The van der Waals surface area contributed by atoms with E-state index in [1.165, 1.54) is 16.3 Å². The van der Waals surface area contributed by atoms with Crippen molar-refractivity contribution < 1.29 is 9.53 Å². The van der Waals surface area contributed by atoms with Gasteiger partial charge in [0.15, 0.2) is 5.16 Å². The molecule has 0 aliphatic heterocycles. The number of aromatic amines is 1. The molecule has 0 aliphatic rings. The Hall–Kier alpha value is -1.33. The van der Waals surface area contributed by atoms with Gasteiger partial charge in [0, 0.05) is 29.5 Å². The number of thioether (sulfide) groups is 1. The molecular formula is C14H17IN4O3S. The van der Waals surface area contributed by atoms with Crippen molar-refractivity contribution in [3.05, 3.63) is 38.3 Å². The highest BCUT2D eigenvalue weighted by Crippen LogP contribution is 2.15. The van der Waals surface area contributed by atoms with Crippen LogP contribution in [0.2, 0.25) is 0 Å². The Morgan fingerprint density at radius 2 is 2.17 bits per heavy atom. The Balaban J connectivity index is 1.88. The summed E-state index contributed by atoms with van der Waals surface area (Å²) >= 11 is 3.43. The number of ether oxygens (including phenoxy) is 1. The molecule has 0 bridgehead atoms. The number of nitrogens with one attached hydrogen (secondary N) is 2. The first-order chi connectivity index (χ1) is 11.1. The number of rotatable bonds is 8. The van der Waals surface area contributed by atoms with Crippen molar-refractivity contribution in [1.82, 2.24) is 14.8 Å². The molecule has 0 saturated carbocycles. The summed E-state index contributed by atoms with van der Waals surface area (Å²) in [4.78, 5) is 23.7. The van der Waals surface area contributed by atoms with Crippen molar-refractivity contribution in [2.45, 2.75) is 18.1 Å². The van der Waals surface area contributed by atoms with Crippen LogP contribution in [-0.4, -0.2) is 40.1 Å². The summed E-state index contributed by atoms with van der Waals surface area (Å²) in [5.41, 5.74) is 0.470. The fraction of sp³-hybridized carbons (Fsp3) is 0.357. The number of hydrogen-bond acceptors (Lipinski definition) is 5. The largest absolute Gasteiger partial charge is 0.385 e. The van der Waals surface area contributed by atoms with E-state index in [1.54, 1.807) is 7.11 Å². The molecule has 0 radical (unpaired) electrons. The molecule has 1 amide bonds. The van der Waals surface area contributed by atoms with Crippen LogP contribution in [0.25, 0.3) is 0 Å². The molecule has 124 valence electrons. The average molecular weight is 448 g/mol. The van der Waals surface area contributed by atoms with Crippen molar-refractivity contribution in [3.63, 3.8) is 0 Å². The van der Waals surface area contributed by atoms with E-state index in [1.807, 2.05) is 24.3 Å².